The van der Waals surface area contributed by atoms with E-state index < -0.39 is 0 Å². The van der Waals surface area contributed by atoms with Crippen LogP contribution in [0.2, 0.25) is 0 Å². The van der Waals surface area contributed by atoms with Gasteiger partial charge in [-0.25, -0.2) is 4.98 Å². The van der Waals surface area contributed by atoms with Gasteiger partial charge in [0.05, 0.1) is 13.2 Å². The highest BCUT2D eigenvalue weighted by Gasteiger charge is 2.05. The number of aromatic nitrogens is 1. The van der Waals surface area contributed by atoms with Crippen molar-refractivity contribution in [1.29, 1.82) is 0 Å². The lowest BCUT2D eigenvalue weighted by molar-refractivity contribution is 0.143. The third-order valence-corrected chi connectivity index (χ3v) is 2.79. The predicted molar refractivity (Wildman–Crippen MR) is 102 cm³/mol. The van der Waals surface area contributed by atoms with Gasteiger partial charge in [-0.2, -0.15) is 0 Å². The summed E-state index contributed by atoms with van der Waals surface area (Å²) < 4.78 is 15.9. The fourth-order valence-corrected chi connectivity index (χ4v) is 1.70. The molecule has 1 rings (SSSR count). The van der Waals surface area contributed by atoms with Gasteiger partial charge in [0.1, 0.15) is 6.61 Å². The van der Waals surface area contributed by atoms with Gasteiger partial charge < -0.3 is 24.8 Å². The van der Waals surface area contributed by atoms with Gasteiger partial charge in [-0.05, 0) is 13.0 Å². The number of nitrogens with one attached hydrogen (secondary N) is 2. The largest absolute Gasteiger partial charge is 0.475 e. The van der Waals surface area contributed by atoms with Crippen molar-refractivity contribution in [3.05, 3.63) is 23.9 Å². The molecule has 0 aliphatic carbocycles. The van der Waals surface area contributed by atoms with Crippen molar-refractivity contribution in [2.24, 2.45) is 4.99 Å². The van der Waals surface area contributed by atoms with E-state index in [1.54, 1.807) is 20.4 Å². The first-order valence-corrected chi connectivity index (χ1v) is 7.39. The zero-order chi connectivity index (χ0) is 16.0. The van der Waals surface area contributed by atoms with Crippen LogP contribution in [0.15, 0.2) is 23.3 Å². The Labute approximate surface area is 155 Å². The van der Waals surface area contributed by atoms with Crippen LogP contribution in [-0.2, 0) is 16.0 Å². The summed E-state index contributed by atoms with van der Waals surface area (Å²) in [5.41, 5.74) is 0.964. The van der Waals surface area contributed by atoms with Crippen molar-refractivity contribution < 1.29 is 14.2 Å². The average Bonchev–Trinajstić information content (AvgIpc) is 2.55. The van der Waals surface area contributed by atoms with Crippen molar-refractivity contribution in [3.63, 3.8) is 0 Å². The molecule has 0 aliphatic rings. The first-order chi connectivity index (χ1) is 10.8. The molecule has 132 valence electrons. The molecule has 1 heterocycles. The lowest BCUT2D eigenvalue weighted by Gasteiger charge is -2.14. The molecule has 0 radical (unpaired) electrons. The molecule has 0 amide bonds. The molecule has 0 saturated carbocycles. The second kappa shape index (κ2) is 14.5. The maximum absolute atomic E-state index is 5.60. The lowest BCUT2D eigenvalue weighted by Crippen LogP contribution is -2.38. The van der Waals surface area contributed by atoms with Gasteiger partial charge in [-0.15, -0.1) is 24.0 Å². The van der Waals surface area contributed by atoms with Crippen LogP contribution >= 0.6 is 24.0 Å². The Balaban J connectivity index is 0.00000484. The Kier molecular flexibility index (Phi) is 13.8. The van der Waals surface area contributed by atoms with E-state index in [1.165, 1.54) is 0 Å². The molecule has 0 aliphatic heterocycles. The van der Waals surface area contributed by atoms with Crippen molar-refractivity contribution in [1.82, 2.24) is 15.6 Å². The van der Waals surface area contributed by atoms with Crippen molar-refractivity contribution in [2.45, 2.75) is 13.5 Å². The smallest absolute Gasteiger partial charge is 0.218 e. The molecule has 0 aromatic carbocycles. The minimum absolute atomic E-state index is 0. The number of nitrogens with zero attached hydrogens (tertiary/aromatic N) is 2. The van der Waals surface area contributed by atoms with Crippen molar-refractivity contribution in [3.8, 4) is 5.88 Å². The summed E-state index contributed by atoms with van der Waals surface area (Å²) in [4.78, 5) is 8.41. The molecule has 0 saturated heterocycles. The maximum atomic E-state index is 5.60. The van der Waals surface area contributed by atoms with Crippen LogP contribution in [-0.4, -0.2) is 58.1 Å². The van der Waals surface area contributed by atoms with Gasteiger partial charge in [-0.1, -0.05) is 6.07 Å². The van der Waals surface area contributed by atoms with Gasteiger partial charge in [0.25, 0.3) is 0 Å². The van der Waals surface area contributed by atoms with Crippen LogP contribution in [0.1, 0.15) is 12.5 Å². The number of halogens is 1. The molecule has 8 heteroatoms. The molecule has 0 atom stereocenters. The van der Waals surface area contributed by atoms with E-state index in [0.717, 1.165) is 5.56 Å². The number of hydrogen-bond acceptors (Lipinski definition) is 5. The number of methoxy groups -OCH3 is 1. The number of guanidine groups is 1. The fraction of sp³-hybridized carbons (Fsp3) is 0.600. The van der Waals surface area contributed by atoms with Gasteiger partial charge in [0.2, 0.25) is 5.88 Å². The molecular formula is C15H27IN4O3. The van der Waals surface area contributed by atoms with E-state index in [2.05, 4.69) is 20.6 Å². The molecule has 1 aromatic rings. The van der Waals surface area contributed by atoms with E-state index in [0.29, 0.717) is 51.4 Å². The van der Waals surface area contributed by atoms with Gasteiger partial charge >= 0.3 is 0 Å². The topological polar surface area (TPSA) is 77.0 Å². The summed E-state index contributed by atoms with van der Waals surface area (Å²) in [7, 11) is 3.37. The van der Waals surface area contributed by atoms with Crippen LogP contribution in [0.3, 0.4) is 0 Å². The fourth-order valence-electron chi connectivity index (χ4n) is 1.70. The second-order valence-electron chi connectivity index (χ2n) is 4.36. The van der Waals surface area contributed by atoms with E-state index in [9.17, 15) is 0 Å². The highest BCUT2D eigenvalue weighted by molar-refractivity contribution is 14.0. The number of hydrogen-bond donors (Lipinski definition) is 2. The SMILES string of the molecule is CCOCCNC(=NC)NCc1cccnc1OCCOC.I. The Hall–Kier alpha value is -1.13. The normalized spacial score (nSPS) is 10.8. The number of rotatable bonds is 10. The molecule has 0 unspecified atom stereocenters. The molecule has 2 N–H and O–H groups in total. The van der Waals surface area contributed by atoms with Crippen LogP contribution < -0.4 is 15.4 Å². The minimum atomic E-state index is 0. The Bertz CT molecular complexity index is 446. The first kappa shape index (κ1) is 21.9. The Morgan fingerprint density at radius 1 is 1.26 bits per heavy atom. The Morgan fingerprint density at radius 2 is 2.09 bits per heavy atom. The third-order valence-electron chi connectivity index (χ3n) is 2.79. The number of ether oxygens (including phenoxy) is 3. The summed E-state index contributed by atoms with van der Waals surface area (Å²) >= 11 is 0. The monoisotopic (exact) mass is 438 g/mol. The van der Waals surface area contributed by atoms with E-state index in [4.69, 9.17) is 14.2 Å². The summed E-state index contributed by atoms with van der Waals surface area (Å²) in [6.45, 7) is 5.62. The third kappa shape index (κ3) is 9.57. The van der Waals surface area contributed by atoms with Gasteiger partial charge in [0.15, 0.2) is 5.96 Å². The van der Waals surface area contributed by atoms with Crippen molar-refractivity contribution in [2.75, 3.05) is 47.1 Å². The molecular weight excluding hydrogens is 411 g/mol. The molecule has 1 aromatic heterocycles. The van der Waals surface area contributed by atoms with E-state index in [-0.39, 0.29) is 24.0 Å². The summed E-state index contributed by atoms with van der Waals surface area (Å²) in [6, 6.07) is 3.85. The summed E-state index contributed by atoms with van der Waals surface area (Å²) in [5, 5.41) is 6.40. The van der Waals surface area contributed by atoms with Crippen LogP contribution in [0.5, 0.6) is 5.88 Å². The zero-order valence-electron chi connectivity index (χ0n) is 14.0. The van der Waals surface area contributed by atoms with E-state index >= 15 is 0 Å². The quantitative estimate of drug-likeness (QED) is 0.249. The number of pyridine rings is 1. The predicted octanol–water partition coefficient (Wildman–Crippen LogP) is 1.43. The second-order valence-corrected chi connectivity index (χ2v) is 4.36. The standard InChI is InChI=1S/C15H26N4O3.HI/c1-4-21-9-8-18-15(16-2)19-12-13-6-5-7-17-14(13)22-11-10-20-3;/h5-7H,4,8-12H2,1-3H3,(H2,16,18,19);1H. The molecule has 0 bridgehead atoms. The lowest BCUT2D eigenvalue weighted by atomic mass is 10.2. The first-order valence-electron chi connectivity index (χ1n) is 7.39. The molecule has 0 spiro atoms. The number of aliphatic imine (C=N–C) groups is 1. The van der Waals surface area contributed by atoms with Crippen LogP contribution in [0.25, 0.3) is 0 Å². The van der Waals surface area contributed by atoms with Gasteiger partial charge in [-0.3, -0.25) is 4.99 Å². The minimum Gasteiger partial charge on any atom is -0.475 e. The summed E-state index contributed by atoms with van der Waals surface area (Å²) in [5.74, 6) is 1.32. The zero-order valence-corrected chi connectivity index (χ0v) is 16.3. The highest BCUT2D eigenvalue weighted by atomic mass is 127. The van der Waals surface area contributed by atoms with Crippen LogP contribution in [0.4, 0.5) is 0 Å². The Morgan fingerprint density at radius 3 is 2.78 bits per heavy atom. The average molecular weight is 438 g/mol. The molecule has 23 heavy (non-hydrogen) atoms. The highest BCUT2D eigenvalue weighted by Crippen LogP contribution is 2.13. The van der Waals surface area contributed by atoms with Gasteiger partial charge in [0, 0.05) is 45.6 Å². The molecule has 0 fully saturated rings. The van der Waals surface area contributed by atoms with Crippen molar-refractivity contribution >= 4 is 29.9 Å². The summed E-state index contributed by atoms with van der Waals surface area (Å²) in [6.07, 6.45) is 1.71. The van der Waals surface area contributed by atoms with E-state index in [1.807, 2.05) is 19.1 Å². The molecule has 7 nitrogen and oxygen atoms in total. The van der Waals surface area contributed by atoms with Crippen LogP contribution in [0, 0.1) is 0 Å². The maximum Gasteiger partial charge on any atom is 0.218 e.